The number of hydrogen-bond acceptors (Lipinski definition) is 3. The molecule has 0 radical (unpaired) electrons. The summed E-state index contributed by atoms with van der Waals surface area (Å²) >= 11 is 0. The van der Waals surface area contributed by atoms with E-state index in [-0.39, 0.29) is 0 Å². The second kappa shape index (κ2) is 8.52. The summed E-state index contributed by atoms with van der Waals surface area (Å²) in [6.45, 7) is 5.51. The van der Waals surface area contributed by atoms with Gasteiger partial charge in [-0.05, 0) is 43.5 Å². The van der Waals surface area contributed by atoms with Gasteiger partial charge in [0.25, 0.3) is 0 Å². The Kier molecular flexibility index (Phi) is 5.46. The average Bonchev–Trinajstić information content (AvgIpc) is 3.43. The maximum Gasteiger partial charge on any atom is 0.114 e. The van der Waals surface area contributed by atoms with Gasteiger partial charge in [0.05, 0.1) is 11.0 Å². The molecular formula is C25H30N4. The van der Waals surface area contributed by atoms with Crippen LogP contribution in [0.25, 0.3) is 17.1 Å². The molecule has 2 aliphatic rings. The number of rotatable bonds is 5. The first-order valence-electron chi connectivity index (χ1n) is 11.0. The molecule has 0 amide bonds. The van der Waals surface area contributed by atoms with Gasteiger partial charge in [-0.25, -0.2) is 4.98 Å². The van der Waals surface area contributed by atoms with E-state index in [4.69, 9.17) is 4.98 Å². The van der Waals surface area contributed by atoms with Crippen LogP contribution in [-0.2, 0) is 0 Å². The van der Waals surface area contributed by atoms with Crippen molar-refractivity contribution in [2.75, 3.05) is 32.7 Å². The number of para-hydroxylation sites is 2. The zero-order valence-electron chi connectivity index (χ0n) is 17.0. The molecule has 3 aromatic rings. The van der Waals surface area contributed by atoms with Crippen LogP contribution in [0, 0.1) is 0 Å². The Hall–Kier alpha value is -2.43. The lowest BCUT2D eigenvalue weighted by molar-refractivity contribution is 0.202. The van der Waals surface area contributed by atoms with E-state index >= 15 is 0 Å². The van der Waals surface area contributed by atoms with Crippen molar-refractivity contribution in [3.05, 3.63) is 72.1 Å². The van der Waals surface area contributed by atoms with Gasteiger partial charge in [0.15, 0.2) is 0 Å². The Bertz CT molecular complexity index is 961. The molecule has 1 N–H and O–H groups in total. The molecule has 1 aromatic heterocycles. The molecule has 2 aliphatic heterocycles. The van der Waals surface area contributed by atoms with Gasteiger partial charge in [-0.1, -0.05) is 54.6 Å². The molecule has 29 heavy (non-hydrogen) atoms. The standard InChI is InChI=1S/C25H30N4/c1-2-7-20(8-3-1)9-6-16-28-17-13-22(14-18-28)29-24-11-5-4-10-23(24)27-25(29)21-12-15-26-19-21/h1-11,21-22,26H,12-19H2/b9-6+. The molecule has 0 bridgehead atoms. The van der Waals surface area contributed by atoms with Crippen molar-refractivity contribution in [3.63, 3.8) is 0 Å². The first-order chi connectivity index (χ1) is 14.4. The second-order valence-corrected chi connectivity index (χ2v) is 8.36. The third kappa shape index (κ3) is 4.00. The summed E-state index contributed by atoms with van der Waals surface area (Å²) in [5.41, 5.74) is 3.75. The van der Waals surface area contributed by atoms with Gasteiger partial charge in [0.2, 0.25) is 0 Å². The Labute approximate surface area is 173 Å². The van der Waals surface area contributed by atoms with Crippen LogP contribution in [0.1, 0.15) is 42.6 Å². The highest BCUT2D eigenvalue weighted by Crippen LogP contribution is 2.33. The molecule has 4 heteroatoms. The number of piperidine rings is 1. The van der Waals surface area contributed by atoms with Crippen LogP contribution in [0.15, 0.2) is 60.7 Å². The molecular weight excluding hydrogens is 356 g/mol. The molecule has 1 unspecified atom stereocenters. The molecule has 0 aliphatic carbocycles. The van der Waals surface area contributed by atoms with Crippen LogP contribution in [0.2, 0.25) is 0 Å². The molecule has 0 saturated carbocycles. The Balaban J connectivity index is 1.29. The summed E-state index contributed by atoms with van der Waals surface area (Å²) in [6, 6.07) is 19.8. The van der Waals surface area contributed by atoms with Crippen molar-refractivity contribution in [2.24, 2.45) is 0 Å². The summed E-state index contributed by atoms with van der Waals surface area (Å²) in [5.74, 6) is 1.85. The fraction of sp³-hybridized carbons (Fsp3) is 0.400. The fourth-order valence-electron chi connectivity index (χ4n) is 4.87. The van der Waals surface area contributed by atoms with E-state index < -0.39 is 0 Å². The van der Waals surface area contributed by atoms with Crippen molar-refractivity contribution in [2.45, 2.75) is 31.2 Å². The summed E-state index contributed by atoms with van der Waals surface area (Å²) in [7, 11) is 0. The highest BCUT2D eigenvalue weighted by molar-refractivity contribution is 5.76. The van der Waals surface area contributed by atoms with Gasteiger partial charge in [-0.2, -0.15) is 0 Å². The first-order valence-corrected chi connectivity index (χ1v) is 11.0. The minimum absolute atomic E-state index is 0.550. The number of hydrogen-bond donors (Lipinski definition) is 1. The van der Waals surface area contributed by atoms with Gasteiger partial charge in [0, 0.05) is 38.1 Å². The van der Waals surface area contributed by atoms with E-state index in [2.05, 4.69) is 81.5 Å². The van der Waals surface area contributed by atoms with Crippen LogP contribution in [0.4, 0.5) is 0 Å². The Morgan fingerprint density at radius 1 is 0.966 bits per heavy atom. The fourth-order valence-corrected chi connectivity index (χ4v) is 4.87. The number of imidazole rings is 1. The van der Waals surface area contributed by atoms with Crippen LogP contribution in [0.5, 0.6) is 0 Å². The topological polar surface area (TPSA) is 33.1 Å². The smallest absolute Gasteiger partial charge is 0.114 e. The van der Waals surface area contributed by atoms with Crippen LogP contribution < -0.4 is 5.32 Å². The molecule has 5 rings (SSSR count). The average molecular weight is 387 g/mol. The van der Waals surface area contributed by atoms with Crippen LogP contribution in [0.3, 0.4) is 0 Å². The van der Waals surface area contributed by atoms with E-state index in [1.165, 1.54) is 36.2 Å². The lowest BCUT2D eigenvalue weighted by Gasteiger charge is -2.33. The molecule has 0 spiro atoms. The van der Waals surface area contributed by atoms with Gasteiger partial charge < -0.3 is 9.88 Å². The molecule has 2 saturated heterocycles. The molecule has 1 atom stereocenters. The van der Waals surface area contributed by atoms with Crippen molar-refractivity contribution in [1.29, 1.82) is 0 Å². The molecule has 150 valence electrons. The van der Waals surface area contributed by atoms with Gasteiger partial charge in [-0.3, -0.25) is 4.90 Å². The summed E-state index contributed by atoms with van der Waals surface area (Å²) in [4.78, 5) is 7.65. The van der Waals surface area contributed by atoms with Crippen molar-refractivity contribution < 1.29 is 0 Å². The number of aromatic nitrogens is 2. The van der Waals surface area contributed by atoms with Crippen molar-refractivity contribution in [3.8, 4) is 0 Å². The number of likely N-dealkylation sites (tertiary alicyclic amines) is 1. The SMILES string of the molecule is C(=C\c1ccccc1)/CN1CCC(n2c(C3CCNC3)nc3ccccc32)CC1. The third-order valence-electron chi connectivity index (χ3n) is 6.44. The number of nitrogens with zero attached hydrogens (tertiary/aromatic N) is 3. The highest BCUT2D eigenvalue weighted by Gasteiger charge is 2.28. The summed E-state index contributed by atoms with van der Waals surface area (Å²) < 4.78 is 2.59. The normalized spacial score (nSPS) is 21.4. The molecule has 2 fully saturated rings. The third-order valence-corrected chi connectivity index (χ3v) is 6.44. The van der Waals surface area contributed by atoms with Gasteiger partial charge in [0.1, 0.15) is 5.82 Å². The monoisotopic (exact) mass is 386 g/mol. The lowest BCUT2D eigenvalue weighted by atomic mass is 10.0. The minimum atomic E-state index is 0.550. The number of fused-ring (bicyclic) bond motifs is 1. The minimum Gasteiger partial charge on any atom is -0.324 e. The molecule has 2 aromatic carbocycles. The van der Waals surface area contributed by atoms with Gasteiger partial charge >= 0.3 is 0 Å². The van der Waals surface area contributed by atoms with Crippen LogP contribution >= 0.6 is 0 Å². The predicted octanol–water partition coefficient (Wildman–Crippen LogP) is 4.46. The van der Waals surface area contributed by atoms with E-state index in [9.17, 15) is 0 Å². The Morgan fingerprint density at radius 2 is 1.76 bits per heavy atom. The summed E-state index contributed by atoms with van der Waals surface area (Å²) in [5, 5.41) is 3.52. The van der Waals surface area contributed by atoms with E-state index in [0.717, 1.165) is 38.2 Å². The molecule has 4 nitrogen and oxygen atoms in total. The van der Waals surface area contributed by atoms with Crippen molar-refractivity contribution >= 4 is 17.1 Å². The first kappa shape index (κ1) is 18.6. The highest BCUT2D eigenvalue weighted by atomic mass is 15.2. The van der Waals surface area contributed by atoms with Crippen molar-refractivity contribution in [1.82, 2.24) is 19.8 Å². The zero-order chi connectivity index (χ0) is 19.5. The molecule has 3 heterocycles. The van der Waals surface area contributed by atoms with E-state index in [1.54, 1.807) is 0 Å². The number of nitrogens with one attached hydrogen (secondary N) is 1. The quantitative estimate of drug-likeness (QED) is 0.703. The van der Waals surface area contributed by atoms with E-state index in [1.807, 2.05) is 0 Å². The largest absolute Gasteiger partial charge is 0.324 e. The maximum atomic E-state index is 5.07. The van der Waals surface area contributed by atoms with Gasteiger partial charge in [-0.15, -0.1) is 0 Å². The maximum absolute atomic E-state index is 5.07. The lowest BCUT2D eigenvalue weighted by Crippen LogP contribution is -2.35. The second-order valence-electron chi connectivity index (χ2n) is 8.36. The summed E-state index contributed by atoms with van der Waals surface area (Å²) in [6.07, 6.45) is 8.14. The van der Waals surface area contributed by atoms with Crippen LogP contribution in [-0.4, -0.2) is 47.2 Å². The predicted molar refractivity (Wildman–Crippen MR) is 120 cm³/mol. The number of benzene rings is 2. The zero-order valence-corrected chi connectivity index (χ0v) is 17.0. The van der Waals surface area contributed by atoms with E-state index in [0.29, 0.717) is 12.0 Å². The Morgan fingerprint density at radius 3 is 2.55 bits per heavy atom.